The Hall–Kier alpha value is -2.57. The van der Waals surface area contributed by atoms with Crippen LogP contribution in [-0.4, -0.2) is 47.8 Å². The summed E-state index contributed by atoms with van der Waals surface area (Å²) in [6.07, 6.45) is 2.69. The first-order valence-corrected chi connectivity index (χ1v) is 10.0. The number of nitrogens with one attached hydrogen (secondary N) is 2. The van der Waals surface area contributed by atoms with Crippen LogP contribution in [0.4, 0.5) is 0 Å². The summed E-state index contributed by atoms with van der Waals surface area (Å²) in [7, 11) is 0. The second-order valence-electron chi connectivity index (χ2n) is 6.97. The lowest BCUT2D eigenvalue weighted by molar-refractivity contribution is 0.0956. The highest BCUT2D eigenvalue weighted by Gasteiger charge is 2.25. The van der Waals surface area contributed by atoms with Gasteiger partial charge in [0.25, 0.3) is 5.91 Å². The molecule has 1 saturated heterocycles. The predicted molar refractivity (Wildman–Crippen MR) is 113 cm³/mol. The van der Waals surface area contributed by atoms with Gasteiger partial charge in [-0.2, -0.15) is 0 Å². The quantitative estimate of drug-likeness (QED) is 0.694. The summed E-state index contributed by atoms with van der Waals surface area (Å²) < 4.78 is 2.11. The molecule has 1 amide bonds. The summed E-state index contributed by atoms with van der Waals surface area (Å²) in [5.41, 5.74) is 3.59. The number of piperazine rings is 1. The van der Waals surface area contributed by atoms with E-state index in [2.05, 4.69) is 31.4 Å². The molecule has 3 aromatic rings. The average molecular weight is 398 g/mol. The highest BCUT2D eigenvalue weighted by atomic mass is 35.5. The Morgan fingerprint density at radius 3 is 3.00 bits per heavy atom. The number of halogens is 1. The lowest BCUT2D eigenvalue weighted by Crippen LogP contribution is -2.57. The van der Waals surface area contributed by atoms with E-state index >= 15 is 0 Å². The number of hydrogen-bond acceptors (Lipinski definition) is 4. The normalized spacial score (nSPS) is 17.1. The molecule has 146 valence electrons. The molecular weight excluding hydrogens is 374 g/mol. The standard InChI is InChI=1S/C21H24ClN5O/c1-2-24-21(28)16-7-8-20-19(12-16)25-14-27(20)26-10-9-23-13-17(26)11-15-5-3-4-6-18(15)22/h3-8,12,14,17,23H,2,9-11,13H2,1H3,(H,24,28). The molecule has 0 bridgehead atoms. The molecule has 1 unspecified atom stereocenters. The summed E-state index contributed by atoms with van der Waals surface area (Å²) in [5.74, 6) is -0.0716. The maximum absolute atomic E-state index is 12.1. The Morgan fingerprint density at radius 2 is 2.18 bits per heavy atom. The monoisotopic (exact) mass is 397 g/mol. The third-order valence-electron chi connectivity index (χ3n) is 5.14. The van der Waals surface area contributed by atoms with Gasteiger partial charge >= 0.3 is 0 Å². The summed E-state index contributed by atoms with van der Waals surface area (Å²) in [6, 6.07) is 13.9. The van der Waals surface area contributed by atoms with Crippen LogP contribution in [0.25, 0.3) is 11.0 Å². The van der Waals surface area contributed by atoms with Crippen molar-refractivity contribution in [2.75, 3.05) is 31.2 Å². The van der Waals surface area contributed by atoms with Gasteiger partial charge in [0.1, 0.15) is 6.33 Å². The Balaban J connectivity index is 1.63. The summed E-state index contributed by atoms with van der Waals surface area (Å²) in [4.78, 5) is 16.7. The molecule has 0 radical (unpaired) electrons. The zero-order valence-corrected chi connectivity index (χ0v) is 16.6. The number of aromatic nitrogens is 2. The van der Waals surface area contributed by atoms with E-state index in [0.29, 0.717) is 12.1 Å². The van der Waals surface area contributed by atoms with Gasteiger partial charge in [0.2, 0.25) is 0 Å². The van der Waals surface area contributed by atoms with Crippen molar-refractivity contribution in [3.05, 3.63) is 64.9 Å². The number of benzene rings is 2. The van der Waals surface area contributed by atoms with Gasteiger partial charge in [-0.3, -0.25) is 4.79 Å². The third kappa shape index (κ3) is 3.70. The van der Waals surface area contributed by atoms with Crippen molar-refractivity contribution in [2.45, 2.75) is 19.4 Å². The molecule has 4 rings (SSSR count). The van der Waals surface area contributed by atoms with Gasteiger partial charge in [-0.15, -0.1) is 0 Å². The van der Waals surface area contributed by atoms with Crippen LogP contribution >= 0.6 is 11.6 Å². The van der Waals surface area contributed by atoms with Gasteiger partial charge in [-0.25, -0.2) is 9.66 Å². The van der Waals surface area contributed by atoms with Crippen LogP contribution in [-0.2, 0) is 6.42 Å². The van der Waals surface area contributed by atoms with Crippen LogP contribution in [0.2, 0.25) is 5.02 Å². The molecule has 7 heteroatoms. The van der Waals surface area contributed by atoms with E-state index in [1.54, 1.807) is 0 Å². The minimum atomic E-state index is -0.0716. The zero-order chi connectivity index (χ0) is 19.5. The van der Waals surface area contributed by atoms with Crippen LogP contribution in [0.3, 0.4) is 0 Å². The minimum Gasteiger partial charge on any atom is -0.352 e. The highest BCUT2D eigenvalue weighted by molar-refractivity contribution is 6.31. The average Bonchev–Trinajstić information content (AvgIpc) is 3.13. The van der Waals surface area contributed by atoms with Crippen LogP contribution < -0.4 is 15.6 Å². The van der Waals surface area contributed by atoms with Crippen molar-refractivity contribution in [1.82, 2.24) is 20.3 Å². The second-order valence-corrected chi connectivity index (χ2v) is 7.38. The van der Waals surface area contributed by atoms with E-state index < -0.39 is 0 Å². The van der Waals surface area contributed by atoms with E-state index in [0.717, 1.165) is 47.7 Å². The molecule has 2 aromatic carbocycles. The minimum absolute atomic E-state index is 0.0716. The number of hydrogen-bond donors (Lipinski definition) is 2. The van der Waals surface area contributed by atoms with E-state index in [1.807, 2.05) is 49.6 Å². The largest absolute Gasteiger partial charge is 0.352 e. The van der Waals surface area contributed by atoms with Gasteiger partial charge in [-0.05, 0) is 43.2 Å². The summed E-state index contributed by atoms with van der Waals surface area (Å²) in [6.45, 7) is 5.18. The first kappa shape index (κ1) is 18.8. The van der Waals surface area contributed by atoms with Gasteiger partial charge in [-0.1, -0.05) is 29.8 Å². The van der Waals surface area contributed by atoms with Crippen molar-refractivity contribution in [3.8, 4) is 0 Å². The lowest BCUT2D eigenvalue weighted by Gasteiger charge is -2.38. The number of carbonyl (C=O) groups is 1. The number of nitrogens with zero attached hydrogens (tertiary/aromatic N) is 3. The second kappa shape index (κ2) is 8.20. The highest BCUT2D eigenvalue weighted by Crippen LogP contribution is 2.21. The van der Waals surface area contributed by atoms with Crippen LogP contribution in [0, 0.1) is 0 Å². The van der Waals surface area contributed by atoms with Gasteiger partial charge < -0.3 is 15.6 Å². The fourth-order valence-corrected chi connectivity index (χ4v) is 3.95. The van der Waals surface area contributed by atoms with Crippen molar-refractivity contribution >= 4 is 28.5 Å². The molecule has 28 heavy (non-hydrogen) atoms. The smallest absolute Gasteiger partial charge is 0.251 e. The Labute approximate surface area is 169 Å². The molecule has 1 fully saturated rings. The van der Waals surface area contributed by atoms with Crippen LogP contribution in [0.15, 0.2) is 48.8 Å². The molecule has 1 aliphatic rings. The number of imidazole rings is 1. The lowest BCUT2D eigenvalue weighted by atomic mass is 10.0. The molecule has 1 atom stereocenters. The molecule has 0 aliphatic carbocycles. The van der Waals surface area contributed by atoms with Crippen molar-refractivity contribution < 1.29 is 4.79 Å². The number of carbonyl (C=O) groups excluding carboxylic acids is 1. The Kier molecular flexibility index (Phi) is 5.50. The molecule has 1 aliphatic heterocycles. The predicted octanol–water partition coefficient (Wildman–Crippen LogP) is 2.59. The van der Waals surface area contributed by atoms with E-state index in [4.69, 9.17) is 11.6 Å². The SMILES string of the molecule is CCNC(=O)c1ccc2c(c1)ncn2N1CCNCC1Cc1ccccc1Cl. The van der Waals surface area contributed by atoms with Crippen LogP contribution in [0.1, 0.15) is 22.8 Å². The Bertz CT molecular complexity index is 986. The first-order valence-electron chi connectivity index (χ1n) is 9.63. The molecular formula is C21H24ClN5O. The molecule has 1 aromatic heterocycles. The topological polar surface area (TPSA) is 62.2 Å². The maximum atomic E-state index is 12.1. The van der Waals surface area contributed by atoms with E-state index in [-0.39, 0.29) is 11.9 Å². The van der Waals surface area contributed by atoms with E-state index in [9.17, 15) is 4.79 Å². The zero-order valence-electron chi connectivity index (χ0n) is 15.9. The van der Waals surface area contributed by atoms with E-state index in [1.165, 1.54) is 0 Å². The summed E-state index contributed by atoms with van der Waals surface area (Å²) in [5, 5.41) is 9.45. The molecule has 2 N–H and O–H groups in total. The first-order chi connectivity index (χ1) is 13.7. The number of amides is 1. The van der Waals surface area contributed by atoms with Crippen LogP contribution in [0.5, 0.6) is 0 Å². The van der Waals surface area contributed by atoms with Crippen molar-refractivity contribution in [3.63, 3.8) is 0 Å². The van der Waals surface area contributed by atoms with Gasteiger partial charge in [0.15, 0.2) is 0 Å². The van der Waals surface area contributed by atoms with Gasteiger partial charge in [0.05, 0.1) is 17.1 Å². The maximum Gasteiger partial charge on any atom is 0.251 e. The van der Waals surface area contributed by atoms with Crippen molar-refractivity contribution in [1.29, 1.82) is 0 Å². The number of rotatable bonds is 5. The third-order valence-corrected chi connectivity index (χ3v) is 5.51. The molecule has 0 spiro atoms. The fourth-order valence-electron chi connectivity index (χ4n) is 3.74. The molecule has 2 heterocycles. The summed E-state index contributed by atoms with van der Waals surface area (Å²) >= 11 is 6.39. The fraction of sp³-hybridized carbons (Fsp3) is 0.333. The Morgan fingerprint density at radius 1 is 1.32 bits per heavy atom. The van der Waals surface area contributed by atoms with Gasteiger partial charge in [0, 0.05) is 36.8 Å². The molecule has 0 saturated carbocycles. The molecule has 6 nitrogen and oxygen atoms in total. The van der Waals surface area contributed by atoms with Crippen molar-refractivity contribution in [2.24, 2.45) is 0 Å². The number of fused-ring (bicyclic) bond motifs is 1.